The Bertz CT molecular complexity index is 467. The molecular weight excluding hydrogens is 240 g/mol. The van der Waals surface area contributed by atoms with Crippen LogP contribution in [0.4, 0.5) is 5.69 Å². The summed E-state index contributed by atoms with van der Waals surface area (Å²) in [4.78, 5) is 2.37. The first kappa shape index (κ1) is 11.6. The Morgan fingerprint density at radius 3 is 2.79 bits per heavy atom. The predicted molar refractivity (Wildman–Crippen MR) is 73.9 cm³/mol. The number of ether oxygens (including phenoxy) is 2. The van der Waals surface area contributed by atoms with E-state index < -0.39 is 0 Å². The van der Waals surface area contributed by atoms with E-state index in [1.807, 2.05) is 0 Å². The predicted octanol–water partition coefficient (Wildman–Crippen LogP) is 1.71. The molecule has 1 aliphatic carbocycles. The standard InChI is InChI=1S/C15H20N2O2/c1-2-11(1)16-14-10-19-15-9-12(3-4-13(14)15)17-5-7-18-8-6-17/h3-4,9,11,14,16H,1-2,5-8,10H2. The van der Waals surface area contributed by atoms with Gasteiger partial charge in [-0.3, -0.25) is 0 Å². The van der Waals surface area contributed by atoms with Gasteiger partial charge in [0.25, 0.3) is 0 Å². The van der Waals surface area contributed by atoms with Crippen molar-refractivity contribution < 1.29 is 9.47 Å². The molecule has 4 heteroatoms. The van der Waals surface area contributed by atoms with Crippen molar-refractivity contribution in [1.82, 2.24) is 5.32 Å². The minimum Gasteiger partial charge on any atom is -0.491 e. The van der Waals surface area contributed by atoms with Crippen molar-refractivity contribution >= 4 is 5.69 Å². The van der Waals surface area contributed by atoms with Crippen LogP contribution < -0.4 is 15.0 Å². The Morgan fingerprint density at radius 2 is 2.00 bits per heavy atom. The summed E-state index contributed by atoms with van der Waals surface area (Å²) in [5.74, 6) is 1.06. The highest BCUT2D eigenvalue weighted by atomic mass is 16.5. The van der Waals surface area contributed by atoms with Crippen LogP contribution in [0.25, 0.3) is 0 Å². The Morgan fingerprint density at radius 1 is 1.16 bits per heavy atom. The van der Waals surface area contributed by atoms with Crippen molar-refractivity contribution in [2.45, 2.75) is 24.9 Å². The quantitative estimate of drug-likeness (QED) is 0.897. The van der Waals surface area contributed by atoms with Crippen LogP contribution in [0.3, 0.4) is 0 Å². The summed E-state index contributed by atoms with van der Waals surface area (Å²) in [6.07, 6.45) is 2.63. The van der Waals surface area contributed by atoms with Gasteiger partial charge < -0.3 is 19.7 Å². The van der Waals surface area contributed by atoms with Gasteiger partial charge >= 0.3 is 0 Å². The fourth-order valence-corrected chi connectivity index (χ4v) is 2.89. The van der Waals surface area contributed by atoms with E-state index in [9.17, 15) is 0 Å². The van der Waals surface area contributed by atoms with Crippen LogP contribution in [0.1, 0.15) is 24.4 Å². The van der Waals surface area contributed by atoms with Gasteiger partial charge in [-0.2, -0.15) is 0 Å². The van der Waals surface area contributed by atoms with Gasteiger partial charge in [0.1, 0.15) is 12.4 Å². The highest BCUT2D eigenvalue weighted by Crippen LogP contribution is 2.37. The van der Waals surface area contributed by atoms with Crippen LogP contribution in [-0.2, 0) is 4.74 Å². The van der Waals surface area contributed by atoms with Gasteiger partial charge in [-0.25, -0.2) is 0 Å². The molecular formula is C15H20N2O2. The molecule has 1 N–H and O–H groups in total. The SMILES string of the molecule is c1cc2c(cc1N1CCOCC1)OCC2NC1CC1. The molecule has 1 atom stereocenters. The molecule has 2 heterocycles. The molecule has 0 aromatic heterocycles. The molecule has 1 aromatic rings. The van der Waals surface area contributed by atoms with Gasteiger partial charge in [-0.15, -0.1) is 0 Å². The van der Waals surface area contributed by atoms with Gasteiger partial charge in [-0.05, 0) is 18.9 Å². The molecule has 19 heavy (non-hydrogen) atoms. The molecule has 1 saturated carbocycles. The lowest BCUT2D eigenvalue weighted by Crippen LogP contribution is -2.36. The topological polar surface area (TPSA) is 33.7 Å². The molecule has 1 aromatic carbocycles. The van der Waals surface area contributed by atoms with Gasteiger partial charge in [0.15, 0.2) is 0 Å². The smallest absolute Gasteiger partial charge is 0.126 e. The van der Waals surface area contributed by atoms with Crippen LogP contribution in [-0.4, -0.2) is 39.0 Å². The first-order valence-electron chi connectivity index (χ1n) is 7.26. The third kappa shape index (κ3) is 2.30. The number of nitrogens with one attached hydrogen (secondary N) is 1. The number of anilines is 1. The normalized spacial score (nSPS) is 26.1. The highest BCUT2D eigenvalue weighted by molar-refractivity contribution is 5.56. The van der Waals surface area contributed by atoms with Gasteiger partial charge in [0.05, 0.1) is 19.3 Å². The third-order valence-corrected chi connectivity index (χ3v) is 4.17. The lowest BCUT2D eigenvalue weighted by molar-refractivity contribution is 0.122. The van der Waals surface area contributed by atoms with E-state index in [0.29, 0.717) is 6.04 Å². The zero-order valence-corrected chi connectivity index (χ0v) is 11.1. The molecule has 2 fully saturated rings. The first-order valence-corrected chi connectivity index (χ1v) is 7.26. The molecule has 0 radical (unpaired) electrons. The summed E-state index contributed by atoms with van der Waals surface area (Å²) in [7, 11) is 0. The summed E-state index contributed by atoms with van der Waals surface area (Å²) in [6.45, 7) is 4.37. The number of hydrogen-bond acceptors (Lipinski definition) is 4. The zero-order chi connectivity index (χ0) is 12.7. The summed E-state index contributed by atoms with van der Waals surface area (Å²) < 4.78 is 11.2. The van der Waals surface area contributed by atoms with E-state index in [1.165, 1.54) is 24.1 Å². The summed E-state index contributed by atoms with van der Waals surface area (Å²) >= 11 is 0. The molecule has 1 unspecified atom stereocenters. The summed E-state index contributed by atoms with van der Waals surface area (Å²) in [5, 5.41) is 3.65. The third-order valence-electron chi connectivity index (χ3n) is 4.17. The maximum absolute atomic E-state index is 5.85. The number of morpholine rings is 1. The van der Waals surface area contributed by atoms with Crippen molar-refractivity contribution in [1.29, 1.82) is 0 Å². The largest absolute Gasteiger partial charge is 0.491 e. The molecule has 4 nitrogen and oxygen atoms in total. The van der Waals surface area contributed by atoms with Crippen LogP contribution in [0, 0.1) is 0 Å². The molecule has 0 spiro atoms. The van der Waals surface area contributed by atoms with E-state index in [0.717, 1.165) is 44.7 Å². The Kier molecular flexibility index (Phi) is 2.85. The molecule has 4 rings (SSSR count). The van der Waals surface area contributed by atoms with Crippen LogP contribution in [0.2, 0.25) is 0 Å². The van der Waals surface area contributed by atoms with Crippen molar-refractivity contribution in [3.63, 3.8) is 0 Å². The lowest BCUT2D eigenvalue weighted by Gasteiger charge is -2.29. The van der Waals surface area contributed by atoms with Crippen LogP contribution in [0.15, 0.2) is 18.2 Å². The first-order chi connectivity index (χ1) is 9.40. The lowest BCUT2D eigenvalue weighted by atomic mass is 10.1. The molecule has 1 saturated heterocycles. The zero-order valence-electron chi connectivity index (χ0n) is 11.1. The van der Waals surface area contributed by atoms with Gasteiger partial charge in [0, 0.05) is 36.4 Å². The Hall–Kier alpha value is -1.26. The number of benzene rings is 1. The maximum atomic E-state index is 5.85. The van der Waals surface area contributed by atoms with Gasteiger partial charge in [0.2, 0.25) is 0 Å². The van der Waals surface area contributed by atoms with Crippen molar-refractivity contribution in [2.24, 2.45) is 0 Å². The summed E-state index contributed by atoms with van der Waals surface area (Å²) in [6, 6.07) is 7.75. The highest BCUT2D eigenvalue weighted by Gasteiger charge is 2.31. The summed E-state index contributed by atoms with van der Waals surface area (Å²) in [5.41, 5.74) is 2.58. The fourth-order valence-electron chi connectivity index (χ4n) is 2.89. The van der Waals surface area contributed by atoms with E-state index in [-0.39, 0.29) is 0 Å². The fraction of sp³-hybridized carbons (Fsp3) is 0.600. The van der Waals surface area contributed by atoms with E-state index in [2.05, 4.69) is 28.4 Å². The number of nitrogens with zero attached hydrogens (tertiary/aromatic N) is 1. The van der Waals surface area contributed by atoms with Crippen LogP contribution in [0.5, 0.6) is 5.75 Å². The second kappa shape index (κ2) is 4.69. The molecule has 0 amide bonds. The molecule has 2 aliphatic heterocycles. The van der Waals surface area contributed by atoms with Gasteiger partial charge in [-0.1, -0.05) is 6.07 Å². The maximum Gasteiger partial charge on any atom is 0.126 e. The molecule has 0 bridgehead atoms. The Balaban J connectivity index is 1.53. The van der Waals surface area contributed by atoms with Crippen molar-refractivity contribution in [3.8, 4) is 5.75 Å². The minimum absolute atomic E-state index is 0.390. The number of rotatable bonds is 3. The number of fused-ring (bicyclic) bond motifs is 1. The van der Waals surface area contributed by atoms with E-state index in [1.54, 1.807) is 0 Å². The second-order valence-corrected chi connectivity index (χ2v) is 5.63. The van der Waals surface area contributed by atoms with E-state index >= 15 is 0 Å². The Labute approximate surface area is 113 Å². The number of hydrogen-bond donors (Lipinski definition) is 1. The van der Waals surface area contributed by atoms with Crippen LogP contribution >= 0.6 is 0 Å². The van der Waals surface area contributed by atoms with Crippen molar-refractivity contribution in [3.05, 3.63) is 23.8 Å². The van der Waals surface area contributed by atoms with E-state index in [4.69, 9.17) is 9.47 Å². The average molecular weight is 260 g/mol. The molecule has 3 aliphatic rings. The average Bonchev–Trinajstić information content (AvgIpc) is 3.20. The second-order valence-electron chi connectivity index (χ2n) is 5.63. The van der Waals surface area contributed by atoms with Crippen molar-refractivity contribution in [2.75, 3.05) is 37.8 Å². The molecule has 102 valence electrons. The minimum atomic E-state index is 0.390. The monoisotopic (exact) mass is 260 g/mol.